The predicted molar refractivity (Wildman–Crippen MR) is 65.3 cm³/mol. The number of nitrogens with one attached hydrogen (secondary N) is 1. The van der Waals surface area contributed by atoms with E-state index in [1.807, 2.05) is 0 Å². The number of carbonyl (C=O) groups is 2. The van der Waals surface area contributed by atoms with Crippen LogP contribution >= 0.6 is 11.3 Å². The van der Waals surface area contributed by atoms with Gasteiger partial charge >= 0.3 is 5.97 Å². The number of pyridine rings is 1. The first-order valence-electron chi connectivity index (χ1n) is 4.87. The summed E-state index contributed by atoms with van der Waals surface area (Å²) in [5, 5.41) is 3.39. The molecule has 0 bridgehead atoms. The Morgan fingerprint density at radius 2 is 2.24 bits per heavy atom. The predicted octanol–water partition coefficient (Wildman–Crippen LogP) is 2.04. The zero-order valence-corrected chi connectivity index (χ0v) is 10.1. The number of thiophene rings is 1. The first-order valence-corrected chi connectivity index (χ1v) is 5.68. The number of hydrogen-bond donors (Lipinski definition) is 1. The van der Waals surface area contributed by atoms with Gasteiger partial charge in [0, 0.05) is 18.5 Å². The molecule has 17 heavy (non-hydrogen) atoms. The third-order valence-corrected chi connectivity index (χ3v) is 3.23. The van der Waals surface area contributed by atoms with Gasteiger partial charge in [-0.2, -0.15) is 0 Å². The first kappa shape index (κ1) is 11.5. The number of ether oxygens (including phenoxy) is 1. The van der Waals surface area contributed by atoms with Gasteiger partial charge < -0.3 is 10.1 Å². The van der Waals surface area contributed by atoms with Crippen LogP contribution in [-0.4, -0.2) is 24.0 Å². The Balaban J connectivity index is 2.64. The molecule has 1 N–H and O–H groups in total. The molecule has 0 unspecified atom stereocenters. The van der Waals surface area contributed by atoms with Crippen LogP contribution in [0.4, 0.5) is 5.69 Å². The fraction of sp³-hybridized carbons (Fsp3) is 0.182. The molecule has 0 aliphatic heterocycles. The van der Waals surface area contributed by atoms with E-state index in [4.69, 9.17) is 0 Å². The van der Waals surface area contributed by atoms with E-state index in [0.717, 1.165) is 5.39 Å². The average molecular weight is 250 g/mol. The van der Waals surface area contributed by atoms with E-state index in [1.165, 1.54) is 25.4 Å². The monoisotopic (exact) mass is 250 g/mol. The summed E-state index contributed by atoms with van der Waals surface area (Å²) in [6, 6.07) is 3.55. The molecule has 0 aliphatic carbocycles. The maximum absolute atomic E-state index is 11.6. The van der Waals surface area contributed by atoms with Crippen LogP contribution in [0.1, 0.15) is 16.6 Å². The summed E-state index contributed by atoms with van der Waals surface area (Å²) in [5.41, 5.74) is 0.470. The van der Waals surface area contributed by atoms with Gasteiger partial charge in [-0.1, -0.05) is 0 Å². The van der Waals surface area contributed by atoms with Crippen molar-refractivity contribution < 1.29 is 14.3 Å². The number of methoxy groups -OCH3 is 1. The SMILES string of the molecule is COC(=O)c1sc2ncccc2c1NC(C)=O. The normalized spacial score (nSPS) is 10.2. The second-order valence-electron chi connectivity index (χ2n) is 3.34. The number of fused-ring (bicyclic) bond motifs is 1. The lowest BCUT2D eigenvalue weighted by Gasteiger charge is -2.02. The maximum atomic E-state index is 11.6. The third kappa shape index (κ3) is 2.12. The van der Waals surface area contributed by atoms with Gasteiger partial charge in [0.15, 0.2) is 0 Å². The fourth-order valence-electron chi connectivity index (χ4n) is 1.47. The Kier molecular flexibility index (Phi) is 3.06. The molecule has 0 aliphatic rings. The van der Waals surface area contributed by atoms with Crippen molar-refractivity contribution in [2.75, 3.05) is 12.4 Å². The number of carbonyl (C=O) groups excluding carboxylic acids is 2. The third-order valence-electron chi connectivity index (χ3n) is 2.14. The quantitative estimate of drug-likeness (QED) is 0.828. The van der Waals surface area contributed by atoms with Crippen LogP contribution in [-0.2, 0) is 9.53 Å². The van der Waals surface area contributed by atoms with Crippen LogP contribution in [0.2, 0.25) is 0 Å². The second-order valence-corrected chi connectivity index (χ2v) is 4.33. The number of nitrogens with zero attached hydrogens (tertiary/aromatic N) is 1. The lowest BCUT2D eigenvalue weighted by molar-refractivity contribution is -0.114. The molecule has 0 atom stereocenters. The minimum absolute atomic E-state index is 0.237. The molecule has 5 nitrogen and oxygen atoms in total. The molecule has 1 amide bonds. The van der Waals surface area contributed by atoms with Gasteiger partial charge in [-0.25, -0.2) is 9.78 Å². The van der Waals surface area contributed by atoms with Crippen molar-refractivity contribution in [3.05, 3.63) is 23.2 Å². The van der Waals surface area contributed by atoms with E-state index in [9.17, 15) is 9.59 Å². The maximum Gasteiger partial charge on any atom is 0.350 e. The topological polar surface area (TPSA) is 68.3 Å². The molecular weight excluding hydrogens is 240 g/mol. The van der Waals surface area contributed by atoms with Crippen LogP contribution in [0.25, 0.3) is 10.2 Å². The molecule has 0 saturated heterocycles. The molecule has 2 rings (SSSR count). The number of hydrogen-bond acceptors (Lipinski definition) is 5. The van der Waals surface area contributed by atoms with E-state index >= 15 is 0 Å². The molecule has 6 heteroatoms. The highest BCUT2D eigenvalue weighted by molar-refractivity contribution is 7.21. The van der Waals surface area contributed by atoms with Crippen LogP contribution in [0.5, 0.6) is 0 Å². The Bertz CT molecular complexity index is 591. The summed E-state index contributed by atoms with van der Waals surface area (Å²) in [7, 11) is 1.30. The molecule has 0 spiro atoms. The highest BCUT2D eigenvalue weighted by atomic mass is 32.1. The zero-order chi connectivity index (χ0) is 12.4. The van der Waals surface area contributed by atoms with E-state index in [0.29, 0.717) is 15.4 Å². The van der Waals surface area contributed by atoms with Gasteiger partial charge in [-0.3, -0.25) is 4.79 Å². The number of esters is 1. The summed E-state index contributed by atoms with van der Waals surface area (Å²) in [6.45, 7) is 1.39. The van der Waals surface area contributed by atoms with Gasteiger partial charge in [-0.05, 0) is 12.1 Å². The Labute approximate surface area is 101 Å². The van der Waals surface area contributed by atoms with Crippen LogP contribution in [0.15, 0.2) is 18.3 Å². The molecule has 2 aromatic rings. The standard InChI is InChI=1S/C11H10N2O3S/c1-6(14)13-8-7-4-3-5-12-10(7)17-9(8)11(15)16-2/h3-5H,1-2H3,(H,13,14). The van der Waals surface area contributed by atoms with E-state index < -0.39 is 5.97 Å². The van der Waals surface area contributed by atoms with Crippen LogP contribution in [0.3, 0.4) is 0 Å². The van der Waals surface area contributed by atoms with Crippen molar-refractivity contribution in [3.8, 4) is 0 Å². The first-order chi connectivity index (χ1) is 8.13. The summed E-state index contributed by atoms with van der Waals surface area (Å²) in [6.07, 6.45) is 1.64. The van der Waals surface area contributed by atoms with Crippen LogP contribution < -0.4 is 5.32 Å². The number of aromatic nitrogens is 1. The van der Waals surface area contributed by atoms with Crippen molar-refractivity contribution in [2.24, 2.45) is 0 Å². The summed E-state index contributed by atoms with van der Waals surface area (Å²) < 4.78 is 4.68. The Morgan fingerprint density at radius 3 is 2.88 bits per heavy atom. The zero-order valence-electron chi connectivity index (χ0n) is 9.31. The highest BCUT2D eigenvalue weighted by Gasteiger charge is 2.20. The van der Waals surface area contributed by atoms with Gasteiger partial charge in [0.1, 0.15) is 9.71 Å². The van der Waals surface area contributed by atoms with Gasteiger partial charge in [0.05, 0.1) is 12.8 Å². The fourth-order valence-corrected chi connectivity index (χ4v) is 2.49. The summed E-state index contributed by atoms with van der Waals surface area (Å²) in [5.74, 6) is -0.713. The average Bonchev–Trinajstić information content (AvgIpc) is 2.67. The summed E-state index contributed by atoms with van der Waals surface area (Å²) >= 11 is 1.20. The molecule has 2 aromatic heterocycles. The lowest BCUT2D eigenvalue weighted by Crippen LogP contribution is -2.09. The lowest BCUT2D eigenvalue weighted by atomic mass is 10.2. The number of anilines is 1. The van der Waals surface area contributed by atoms with Crippen molar-refractivity contribution in [1.82, 2.24) is 4.98 Å². The number of rotatable bonds is 2. The Morgan fingerprint density at radius 1 is 1.47 bits per heavy atom. The molecular formula is C11H10N2O3S. The van der Waals surface area contributed by atoms with Crippen LogP contribution in [0, 0.1) is 0 Å². The molecule has 0 saturated carbocycles. The smallest absolute Gasteiger partial charge is 0.350 e. The molecule has 0 aromatic carbocycles. The molecule has 88 valence electrons. The minimum atomic E-state index is -0.475. The molecule has 2 heterocycles. The van der Waals surface area contributed by atoms with Gasteiger partial charge in [0.25, 0.3) is 0 Å². The van der Waals surface area contributed by atoms with E-state index in [1.54, 1.807) is 18.3 Å². The van der Waals surface area contributed by atoms with E-state index in [-0.39, 0.29) is 5.91 Å². The minimum Gasteiger partial charge on any atom is -0.465 e. The highest BCUT2D eigenvalue weighted by Crippen LogP contribution is 2.34. The van der Waals surface area contributed by atoms with Crippen molar-refractivity contribution in [3.63, 3.8) is 0 Å². The number of amides is 1. The Hall–Kier alpha value is -1.95. The van der Waals surface area contributed by atoms with Gasteiger partial charge in [-0.15, -0.1) is 11.3 Å². The summed E-state index contributed by atoms with van der Waals surface area (Å²) in [4.78, 5) is 27.9. The second kappa shape index (κ2) is 4.50. The van der Waals surface area contributed by atoms with Crippen molar-refractivity contribution >= 4 is 39.1 Å². The van der Waals surface area contributed by atoms with Crippen molar-refractivity contribution in [1.29, 1.82) is 0 Å². The van der Waals surface area contributed by atoms with Crippen molar-refractivity contribution in [2.45, 2.75) is 6.92 Å². The molecule has 0 fully saturated rings. The molecule has 0 radical (unpaired) electrons. The van der Waals surface area contributed by atoms with Gasteiger partial charge in [0.2, 0.25) is 5.91 Å². The van der Waals surface area contributed by atoms with E-state index in [2.05, 4.69) is 15.0 Å². The largest absolute Gasteiger partial charge is 0.465 e.